The predicted octanol–water partition coefficient (Wildman–Crippen LogP) is 4.65. The lowest BCUT2D eigenvalue weighted by atomic mass is 9.84. The van der Waals surface area contributed by atoms with Gasteiger partial charge >= 0.3 is 0 Å². The molecule has 0 spiro atoms. The van der Waals surface area contributed by atoms with Crippen LogP contribution < -0.4 is 0 Å². The Morgan fingerprint density at radius 2 is 2.09 bits per heavy atom. The zero-order valence-corrected chi connectivity index (χ0v) is 13.8. The quantitative estimate of drug-likeness (QED) is 0.776. The minimum Gasteiger partial charge on any atom is -0.348 e. The molecule has 3 atom stereocenters. The first kappa shape index (κ1) is 15.8. The van der Waals surface area contributed by atoms with Gasteiger partial charge in [-0.2, -0.15) is 0 Å². The van der Waals surface area contributed by atoms with Crippen LogP contribution in [0.3, 0.4) is 0 Å². The maximum Gasteiger partial charge on any atom is 0.175 e. The molecule has 1 aromatic heterocycles. The molecule has 3 rings (SSSR count). The fourth-order valence-corrected chi connectivity index (χ4v) is 3.29. The second-order valence-electron chi connectivity index (χ2n) is 6.07. The summed E-state index contributed by atoms with van der Waals surface area (Å²) in [5, 5.41) is 0. The zero-order chi connectivity index (χ0) is 16.1. The van der Waals surface area contributed by atoms with Gasteiger partial charge in [0.25, 0.3) is 0 Å². The zero-order valence-electron chi connectivity index (χ0n) is 13.8. The van der Waals surface area contributed by atoms with Crippen molar-refractivity contribution in [3.8, 4) is 0 Å². The van der Waals surface area contributed by atoms with Crippen molar-refractivity contribution >= 4 is 0 Å². The van der Waals surface area contributed by atoms with Crippen molar-refractivity contribution in [1.82, 2.24) is 9.55 Å². The van der Waals surface area contributed by atoms with Gasteiger partial charge in [0.1, 0.15) is 0 Å². The number of nitrogens with zero attached hydrogens (tertiary/aromatic N) is 2. The Bertz CT molecular complexity index is 660. The number of imidazole rings is 1. The molecule has 2 aromatic rings. The molecule has 1 aliphatic rings. The van der Waals surface area contributed by atoms with E-state index in [0.29, 0.717) is 0 Å². The van der Waals surface area contributed by atoms with Crippen LogP contribution in [0, 0.1) is 0 Å². The van der Waals surface area contributed by atoms with Gasteiger partial charge in [0.2, 0.25) is 0 Å². The molecule has 0 saturated heterocycles. The number of aromatic nitrogens is 2. The van der Waals surface area contributed by atoms with Crippen molar-refractivity contribution in [2.75, 3.05) is 0 Å². The minimum absolute atomic E-state index is 0.113. The van der Waals surface area contributed by atoms with Gasteiger partial charge in [-0.3, -0.25) is 0 Å². The van der Waals surface area contributed by atoms with Crippen molar-refractivity contribution in [3.05, 3.63) is 78.9 Å². The van der Waals surface area contributed by atoms with E-state index in [4.69, 9.17) is 4.74 Å². The summed E-state index contributed by atoms with van der Waals surface area (Å²) in [5.74, 6) is 0.113. The van der Waals surface area contributed by atoms with Crippen molar-refractivity contribution in [1.29, 1.82) is 0 Å². The van der Waals surface area contributed by atoms with E-state index in [0.717, 1.165) is 12.8 Å². The number of rotatable bonds is 6. The van der Waals surface area contributed by atoms with Gasteiger partial charge in [0.15, 0.2) is 5.72 Å². The molecule has 0 saturated carbocycles. The van der Waals surface area contributed by atoms with E-state index in [-0.39, 0.29) is 12.0 Å². The number of allylic oxidation sites excluding steroid dienone is 2. The number of hydrogen-bond acceptors (Lipinski definition) is 2. The van der Waals surface area contributed by atoms with Gasteiger partial charge in [-0.1, -0.05) is 61.9 Å². The van der Waals surface area contributed by atoms with E-state index in [1.165, 1.54) is 5.56 Å². The second-order valence-corrected chi connectivity index (χ2v) is 6.07. The predicted molar refractivity (Wildman–Crippen MR) is 93.1 cm³/mol. The maximum absolute atomic E-state index is 6.62. The normalized spacial score (nSPS) is 24.7. The molecule has 1 aromatic carbocycles. The molecule has 0 bridgehead atoms. The third-order valence-electron chi connectivity index (χ3n) is 4.35. The van der Waals surface area contributed by atoms with Gasteiger partial charge in [-0.25, -0.2) is 4.98 Å². The first-order valence-electron chi connectivity index (χ1n) is 8.33. The third-order valence-corrected chi connectivity index (χ3v) is 4.35. The van der Waals surface area contributed by atoms with Crippen LogP contribution in [0.2, 0.25) is 0 Å². The van der Waals surface area contributed by atoms with Gasteiger partial charge in [0, 0.05) is 12.4 Å². The molecular formula is C20H24N2O. The Morgan fingerprint density at radius 3 is 2.78 bits per heavy atom. The molecule has 1 heterocycles. The average Bonchev–Trinajstić information content (AvgIpc) is 3.11. The monoisotopic (exact) mass is 308 g/mol. The molecule has 23 heavy (non-hydrogen) atoms. The third kappa shape index (κ3) is 3.15. The van der Waals surface area contributed by atoms with E-state index >= 15 is 0 Å². The lowest BCUT2D eigenvalue weighted by Crippen LogP contribution is -2.43. The number of ether oxygens (including phenoxy) is 1. The molecule has 0 fully saturated rings. The Labute approximate surface area is 138 Å². The summed E-state index contributed by atoms with van der Waals surface area (Å²) in [7, 11) is 0. The van der Waals surface area contributed by atoms with Crippen LogP contribution in [-0.2, 0) is 10.5 Å². The summed E-state index contributed by atoms with van der Waals surface area (Å²) in [6, 6.07) is 10.5. The molecule has 0 aliphatic heterocycles. The van der Waals surface area contributed by atoms with Crippen LogP contribution in [0.4, 0.5) is 0 Å². The van der Waals surface area contributed by atoms with Crippen molar-refractivity contribution in [2.45, 2.75) is 44.4 Å². The van der Waals surface area contributed by atoms with Gasteiger partial charge < -0.3 is 9.30 Å². The van der Waals surface area contributed by atoms with E-state index in [1.807, 2.05) is 24.8 Å². The smallest absolute Gasteiger partial charge is 0.175 e. The van der Waals surface area contributed by atoms with E-state index in [1.54, 1.807) is 0 Å². The van der Waals surface area contributed by atoms with Crippen LogP contribution in [0.1, 0.15) is 38.2 Å². The maximum atomic E-state index is 6.62. The lowest BCUT2D eigenvalue weighted by molar-refractivity contribution is -0.120. The van der Waals surface area contributed by atoms with Gasteiger partial charge in [-0.15, -0.1) is 0 Å². The average molecular weight is 308 g/mol. The molecule has 0 radical (unpaired) electrons. The molecule has 1 aliphatic carbocycles. The largest absolute Gasteiger partial charge is 0.348 e. The standard InChI is InChI=1S/C20H24N2O/c1-3-9-17(2)23-20(22-15-14-21-16-22)13-8-7-12-19(20)18-10-5-4-6-11-18/h4-8,10-17,19H,3,9H2,1-2H3. The summed E-state index contributed by atoms with van der Waals surface area (Å²) in [6.07, 6.45) is 16.5. The Hall–Kier alpha value is -2.13. The summed E-state index contributed by atoms with van der Waals surface area (Å²) in [6.45, 7) is 4.34. The van der Waals surface area contributed by atoms with Crippen LogP contribution in [-0.4, -0.2) is 15.7 Å². The second kappa shape index (κ2) is 6.97. The van der Waals surface area contributed by atoms with Gasteiger partial charge in [0.05, 0.1) is 18.3 Å². The number of hydrogen-bond donors (Lipinski definition) is 0. The highest BCUT2D eigenvalue weighted by Crippen LogP contribution is 2.41. The van der Waals surface area contributed by atoms with Crippen LogP contribution in [0.5, 0.6) is 0 Å². The Balaban J connectivity index is 2.05. The highest BCUT2D eigenvalue weighted by atomic mass is 16.5. The van der Waals surface area contributed by atoms with E-state index in [2.05, 4.69) is 72.0 Å². The van der Waals surface area contributed by atoms with Crippen molar-refractivity contribution < 1.29 is 4.74 Å². The highest BCUT2D eigenvalue weighted by Gasteiger charge is 2.41. The topological polar surface area (TPSA) is 27.1 Å². The minimum atomic E-state index is -0.568. The molecule has 0 N–H and O–H groups in total. The summed E-state index contributed by atoms with van der Waals surface area (Å²) < 4.78 is 8.70. The summed E-state index contributed by atoms with van der Waals surface area (Å²) in [5.41, 5.74) is 0.673. The molecular weight excluding hydrogens is 284 g/mol. The highest BCUT2D eigenvalue weighted by molar-refractivity contribution is 5.34. The Kier molecular flexibility index (Phi) is 4.77. The van der Waals surface area contributed by atoms with E-state index in [9.17, 15) is 0 Å². The molecule has 120 valence electrons. The van der Waals surface area contributed by atoms with Crippen molar-refractivity contribution in [2.24, 2.45) is 0 Å². The fourth-order valence-electron chi connectivity index (χ4n) is 3.29. The molecule has 3 unspecified atom stereocenters. The first-order valence-corrected chi connectivity index (χ1v) is 8.33. The molecule has 3 nitrogen and oxygen atoms in total. The van der Waals surface area contributed by atoms with Crippen LogP contribution in [0.25, 0.3) is 0 Å². The van der Waals surface area contributed by atoms with Crippen LogP contribution in [0.15, 0.2) is 73.4 Å². The molecule has 0 amide bonds. The SMILES string of the molecule is CCCC(C)OC1(n2ccnc2)C=CC=CC1c1ccccc1. The van der Waals surface area contributed by atoms with Crippen molar-refractivity contribution in [3.63, 3.8) is 0 Å². The van der Waals surface area contributed by atoms with Crippen LogP contribution >= 0.6 is 0 Å². The Morgan fingerprint density at radius 1 is 1.26 bits per heavy atom. The lowest BCUT2D eigenvalue weighted by Gasteiger charge is -2.41. The summed E-state index contributed by atoms with van der Waals surface area (Å²) in [4.78, 5) is 4.25. The first-order chi connectivity index (χ1) is 11.3. The fraction of sp³-hybridized carbons (Fsp3) is 0.350. The van der Waals surface area contributed by atoms with E-state index < -0.39 is 5.72 Å². The molecule has 3 heteroatoms. The number of benzene rings is 1. The summed E-state index contributed by atoms with van der Waals surface area (Å²) >= 11 is 0. The van der Waals surface area contributed by atoms with Gasteiger partial charge in [-0.05, 0) is 25.0 Å².